The summed E-state index contributed by atoms with van der Waals surface area (Å²) in [6.45, 7) is 0.0733. The van der Waals surface area contributed by atoms with Gasteiger partial charge in [0.2, 0.25) is 0 Å². The van der Waals surface area contributed by atoms with Crippen molar-refractivity contribution < 1.29 is 24.4 Å². The summed E-state index contributed by atoms with van der Waals surface area (Å²) in [5.41, 5.74) is 1.14. The normalized spacial score (nSPS) is 16.4. The van der Waals surface area contributed by atoms with Crippen LogP contribution in [0.25, 0.3) is 5.76 Å². The summed E-state index contributed by atoms with van der Waals surface area (Å²) in [7, 11) is 0. The van der Waals surface area contributed by atoms with Crippen molar-refractivity contribution in [3.63, 3.8) is 0 Å². The molecule has 4 aromatic rings. The van der Waals surface area contributed by atoms with Crippen molar-refractivity contribution in [3.05, 3.63) is 136 Å². The number of nitro benzene ring substituents is 1. The largest absolute Gasteiger partial charge is 0.507 e. The Bertz CT molecular complexity index is 1540. The fourth-order valence-electron chi connectivity index (χ4n) is 4.35. The number of para-hydroxylation sites is 1. The molecular formula is C29H21N3O6. The molecule has 2 heterocycles. The van der Waals surface area contributed by atoms with Crippen LogP contribution >= 0.6 is 0 Å². The second kappa shape index (κ2) is 10.4. The molecule has 1 N–H and O–H groups in total. The number of rotatable bonds is 7. The average molecular weight is 508 g/mol. The van der Waals surface area contributed by atoms with Crippen LogP contribution in [0.1, 0.15) is 22.7 Å². The van der Waals surface area contributed by atoms with Gasteiger partial charge in [-0.1, -0.05) is 36.4 Å². The maximum absolute atomic E-state index is 13.3. The second-order valence-corrected chi connectivity index (χ2v) is 8.58. The first-order chi connectivity index (χ1) is 18.4. The summed E-state index contributed by atoms with van der Waals surface area (Å²) in [4.78, 5) is 42.5. The highest BCUT2D eigenvalue weighted by molar-refractivity contribution is 6.46. The van der Waals surface area contributed by atoms with E-state index >= 15 is 0 Å². The Morgan fingerprint density at radius 3 is 2.37 bits per heavy atom. The maximum Gasteiger partial charge on any atom is 0.295 e. The number of pyridine rings is 1. The molecule has 188 valence electrons. The molecule has 1 atom stereocenters. The summed E-state index contributed by atoms with van der Waals surface area (Å²) < 4.78 is 5.96. The molecule has 1 amide bonds. The van der Waals surface area contributed by atoms with Crippen molar-refractivity contribution in [2.24, 2.45) is 0 Å². The number of aromatic nitrogens is 1. The molecule has 3 aromatic carbocycles. The topological polar surface area (TPSA) is 123 Å². The molecule has 0 spiro atoms. The minimum Gasteiger partial charge on any atom is -0.507 e. The lowest BCUT2D eigenvalue weighted by atomic mass is 9.95. The molecule has 1 aromatic heterocycles. The highest BCUT2D eigenvalue weighted by Gasteiger charge is 2.46. The van der Waals surface area contributed by atoms with Crippen LogP contribution in [-0.2, 0) is 16.1 Å². The second-order valence-electron chi connectivity index (χ2n) is 8.58. The highest BCUT2D eigenvalue weighted by Crippen LogP contribution is 2.41. The summed E-state index contributed by atoms with van der Waals surface area (Å²) in [6, 6.07) is 23.8. The molecule has 0 bridgehead atoms. The number of carbonyl (C=O) groups excluding carboxylic acids is 2. The number of Topliss-reactive ketones (excluding diaryl/α,β-unsaturated/α-hetero) is 1. The Morgan fingerprint density at radius 2 is 1.68 bits per heavy atom. The fraction of sp³-hybridized carbons (Fsp3) is 0.0690. The van der Waals surface area contributed by atoms with Gasteiger partial charge in [-0.05, 0) is 53.6 Å². The molecule has 1 fully saturated rings. The Hall–Kier alpha value is -5.31. The number of nitro groups is 1. The van der Waals surface area contributed by atoms with Gasteiger partial charge in [-0.25, -0.2) is 0 Å². The molecule has 1 unspecified atom stereocenters. The minimum absolute atomic E-state index is 0.0733. The predicted octanol–water partition coefficient (Wildman–Crippen LogP) is 5.40. The van der Waals surface area contributed by atoms with Gasteiger partial charge in [0.1, 0.15) is 17.3 Å². The predicted molar refractivity (Wildman–Crippen MR) is 138 cm³/mol. The smallest absolute Gasteiger partial charge is 0.295 e. The lowest BCUT2D eigenvalue weighted by Crippen LogP contribution is -2.29. The maximum atomic E-state index is 13.3. The third-order valence-electron chi connectivity index (χ3n) is 6.12. The van der Waals surface area contributed by atoms with Gasteiger partial charge in [0.25, 0.3) is 17.4 Å². The standard InChI is InChI=1S/C29H21N3O6/c33-27(20-11-13-22(14-12-20)32(36)37)25-26(31(29(35)28(25)34)18-19-6-5-15-30-17-19)21-7-4-10-24(16-21)38-23-8-2-1-3-9-23/h1-17,26,33H,18H2/b27-25+. The molecule has 1 aliphatic heterocycles. The average Bonchev–Trinajstić information content (AvgIpc) is 3.19. The van der Waals surface area contributed by atoms with E-state index in [4.69, 9.17) is 4.74 Å². The van der Waals surface area contributed by atoms with E-state index in [0.29, 0.717) is 22.6 Å². The van der Waals surface area contributed by atoms with Crippen molar-refractivity contribution in [1.82, 2.24) is 9.88 Å². The number of hydrogen-bond acceptors (Lipinski definition) is 7. The molecule has 0 aliphatic carbocycles. The zero-order valence-corrected chi connectivity index (χ0v) is 19.9. The fourth-order valence-corrected chi connectivity index (χ4v) is 4.35. The molecule has 0 saturated carbocycles. The summed E-state index contributed by atoms with van der Waals surface area (Å²) in [5.74, 6) is -0.969. The zero-order valence-electron chi connectivity index (χ0n) is 19.9. The van der Waals surface area contributed by atoms with E-state index in [9.17, 15) is 24.8 Å². The third-order valence-corrected chi connectivity index (χ3v) is 6.12. The summed E-state index contributed by atoms with van der Waals surface area (Å²) in [6.07, 6.45) is 3.20. The van der Waals surface area contributed by atoms with E-state index in [1.54, 1.807) is 60.9 Å². The SMILES string of the molecule is O=C1C(=O)N(Cc2cccnc2)C(c2cccc(Oc3ccccc3)c2)/C1=C(\O)c1ccc([N+](=O)[O-])cc1. The lowest BCUT2D eigenvalue weighted by Gasteiger charge is -2.25. The van der Waals surface area contributed by atoms with Gasteiger partial charge in [0.05, 0.1) is 16.5 Å². The van der Waals surface area contributed by atoms with E-state index in [0.717, 1.165) is 0 Å². The van der Waals surface area contributed by atoms with Crippen molar-refractivity contribution in [1.29, 1.82) is 0 Å². The molecular weight excluding hydrogens is 486 g/mol. The lowest BCUT2D eigenvalue weighted by molar-refractivity contribution is -0.384. The van der Waals surface area contributed by atoms with Crippen LogP contribution < -0.4 is 4.74 Å². The number of aliphatic hydroxyl groups is 1. The van der Waals surface area contributed by atoms with Crippen LogP contribution in [0.4, 0.5) is 5.69 Å². The first kappa shape index (κ1) is 24.4. The van der Waals surface area contributed by atoms with Crippen molar-refractivity contribution in [2.75, 3.05) is 0 Å². The Morgan fingerprint density at radius 1 is 0.947 bits per heavy atom. The zero-order chi connectivity index (χ0) is 26.6. The van der Waals surface area contributed by atoms with Gasteiger partial charge in [-0.15, -0.1) is 0 Å². The van der Waals surface area contributed by atoms with Crippen molar-refractivity contribution >= 4 is 23.1 Å². The first-order valence-electron chi connectivity index (χ1n) is 11.7. The number of aliphatic hydroxyl groups excluding tert-OH is 1. The van der Waals surface area contributed by atoms with E-state index in [2.05, 4.69) is 4.98 Å². The Labute approximate surface area is 217 Å². The number of nitrogens with zero attached hydrogens (tertiary/aromatic N) is 3. The van der Waals surface area contributed by atoms with Crippen LogP contribution in [0.3, 0.4) is 0 Å². The summed E-state index contributed by atoms with van der Waals surface area (Å²) in [5, 5.41) is 22.3. The van der Waals surface area contributed by atoms with E-state index in [1.807, 2.05) is 18.2 Å². The van der Waals surface area contributed by atoms with Crippen LogP contribution in [0.5, 0.6) is 11.5 Å². The van der Waals surface area contributed by atoms with Crippen LogP contribution in [0.2, 0.25) is 0 Å². The van der Waals surface area contributed by atoms with Gasteiger partial charge >= 0.3 is 0 Å². The van der Waals surface area contributed by atoms with Crippen LogP contribution in [0.15, 0.2) is 109 Å². The van der Waals surface area contributed by atoms with E-state index in [1.165, 1.54) is 29.2 Å². The number of carbonyl (C=O) groups is 2. The van der Waals surface area contributed by atoms with E-state index < -0.39 is 28.4 Å². The molecule has 5 rings (SSSR count). The number of likely N-dealkylation sites (tertiary alicyclic amines) is 1. The number of hydrogen-bond donors (Lipinski definition) is 1. The highest BCUT2D eigenvalue weighted by atomic mass is 16.6. The summed E-state index contributed by atoms with van der Waals surface area (Å²) >= 11 is 0. The van der Waals surface area contributed by atoms with Gasteiger partial charge < -0.3 is 14.7 Å². The number of ketones is 1. The van der Waals surface area contributed by atoms with Crippen LogP contribution in [-0.4, -0.2) is 31.6 Å². The molecule has 1 aliphatic rings. The van der Waals surface area contributed by atoms with Crippen LogP contribution in [0, 0.1) is 10.1 Å². The van der Waals surface area contributed by atoms with Gasteiger partial charge in [-0.3, -0.25) is 24.7 Å². The monoisotopic (exact) mass is 507 g/mol. The molecule has 9 heteroatoms. The molecule has 9 nitrogen and oxygen atoms in total. The Kier molecular flexibility index (Phi) is 6.65. The molecule has 38 heavy (non-hydrogen) atoms. The Balaban J connectivity index is 1.61. The molecule has 0 radical (unpaired) electrons. The third kappa shape index (κ3) is 4.85. The number of non-ortho nitro benzene ring substituents is 1. The number of amides is 1. The van der Waals surface area contributed by atoms with Gasteiger partial charge in [0, 0.05) is 36.6 Å². The first-order valence-corrected chi connectivity index (χ1v) is 11.7. The quantitative estimate of drug-likeness (QED) is 0.117. The van der Waals surface area contributed by atoms with E-state index in [-0.39, 0.29) is 23.4 Å². The number of benzene rings is 3. The number of ether oxygens (including phenoxy) is 1. The van der Waals surface area contributed by atoms with Crippen molar-refractivity contribution in [2.45, 2.75) is 12.6 Å². The molecule has 1 saturated heterocycles. The van der Waals surface area contributed by atoms with Gasteiger partial charge in [0.15, 0.2) is 0 Å². The van der Waals surface area contributed by atoms with Gasteiger partial charge in [-0.2, -0.15) is 0 Å². The van der Waals surface area contributed by atoms with Crippen molar-refractivity contribution in [3.8, 4) is 11.5 Å². The minimum atomic E-state index is -0.940.